The summed E-state index contributed by atoms with van der Waals surface area (Å²) in [5, 5.41) is 9.87. The standard InChI is InChI=1S/C23H24Cl2N4O3S/c24-17-11-10-16(20(25)14-17)15-26-29(13-12-22(30)27-18-6-2-1-3-7-18)23-19-8-4-5-9-21(19)33(31,32)28-23/h4-5,8-11,14-15,18H,1-3,6-7,12-13H2,(H,27,30)/b26-15+. The number of benzene rings is 2. The second-order valence-electron chi connectivity index (χ2n) is 8.07. The molecule has 174 valence electrons. The van der Waals surface area contributed by atoms with Crippen LogP contribution in [-0.4, -0.2) is 44.0 Å². The number of carbonyl (C=O) groups excluding carboxylic acids is 1. The summed E-state index contributed by atoms with van der Waals surface area (Å²) in [5.74, 6) is 0.0822. The largest absolute Gasteiger partial charge is 0.353 e. The Hall–Kier alpha value is -2.42. The number of fused-ring (bicyclic) bond motifs is 1. The van der Waals surface area contributed by atoms with Crippen LogP contribution in [0.4, 0.5) is 0 Å². The quantitative estimate of drug-likeness (QED) is 0.457. The summed E-state index contributed by atoms with van der Waals surface area (Å²) in [4.78, 5) is 12.7. The molecule has 1 aliphatic heterocycles. The van der Waals surface area contributed by atoms with E-state index in [4.69, 9.17) is 23.2 Å². The fourth-order valence-corrected chi connectivity index (χ4v) is 5.65. The van der Waals surface area contributed by atoms with Crippen molar-refractivity contribution in [3.05, 3.63) is 63.6 Å². The molecule has 1 fully saturated rings. The van der Waals surface area contributed by atoms with Crippen molar-refractivity contribution in [1.29, 1.82) is 0 Å². The molecule has 0 saturated heterocycles. The number of halogens is 2. The first-order chi connectivity index (χ1) is 15.8. The molecule has 2 aliphatic rings. The maximum absolute atomic E-state index is 12.6. The van der Waals surface area contributed by atoms with E-state index in [0.29, 0.717) is 21.2 Å². The molecule has 1 amide bonds. The molecule has 2 aromatic carbocycles. The molecular weight excluding hydrogens is 483 g/mol. The van der Waals surface area contributed by atoms with Crippen LogP contribution in [0.15, 0.2) is 56.9 Å². The SMILES string of the molecule is O=C(CCN(/N=C/c1ccc(Cl)cc1Cl)C1=NS(=O)(=O)c2ccccc21)NC1CCCCC1. The van der Waals surface area contributed by atoms with Gasteiger partial charge in [-0.1, -0.05) is 60.7 Å². The smallest absolute Gasteiger partial charge is 0.285 e. The van der Waals surface area contributed by atoms with Gasteiger partial charge in [0, 0.05) is 28.6 Å². The van der Waals surface area contributed by atoms with Crippen LogP contribution < -0.4 is 5.32 Å². The first-order valence-electron chi connectivity index (χ1n) is 10.8. The number of carbonyl (C=O) groups is 1. The molecule has 7 nitrogen and oxygen atoms in total. The lowest BCUT2D eigenvalue weighted by Crippen LogP contribution is -2.38. The number of amidine groups is 1. The van der Waals surface area contributed by atoms with Crippen molar-refractivity contribution >= 4 is 51.2 Å². The fourth-order valence-electron chi connectivity index (χ4n) is 3.99. The Morgan fingerprint density at radius 1 is 1.15 bits per heavy atom. The summed E-state index contributed by atoms with van der Waals surface area (Å²) in [6, 6.07) is 11.8. The molecule has 0 bridgehead atoms. The van der Waals surface area contributed by atoms with E-state index in [1.54, 1.807) is 36.4 Å². The number of hydrogen-bond acceptors (Lipinski definition) is 5. The predicted molar refractivity (Wildman–Crippen MR) is 131 cm³/mol. The van der Waals surface area contributed by atoms with Crippen LogP contribution in [-0.2, 0) is 14.8 Å². The summed E-state index contributed by atoms with van der Waals surface area (Å²) in [7, 11) is -3.83. The van der Waals surface area contributed by atoms with E-state index in [0.717, 1.165) is 25.7 Å². The van der Waals surface area contributed by atoms with E-state index in [-0.39, 0.29) is 35.6 Å². The van der Waals surface area contributed by atoms with Gasteiger partial charge in [-0.15, -0.1) is 4.40 Å². The van der Waals surface area contributed by atoms with Gasteiger partial charge >= 0.3 is 0 Å². The Bertz CT molecular complexity index is 1210. The number of rotatable bonds is 6. The van der Waals surface area contributed by atoms with Crippen molar-refractivity contribution < 1.29 is 13.2 Å². The van der Waals surface area contributed by atoms with E-state index < -0.39 is 10.0 Å². The molecule has 1 saturated carbocycles. The number of hydrazone groups is 1. The first kappa shape index (κ1) is 23.7. The molecule has 0 atom stereocenters. The third kappa shape index (κ3) is 5.75. The lowest BCUT2D eigenvalue weighted by Gasteiger charge is -2.24. The second-order valence-corrected chi connectivity index (χ2v) is 10.5. The molecule has 0 aromatic heterocycles. The highest BCUT2D eigenvalue weighted by molar-refractivity contribution is 7.90. The van der Waals surface area contributed by atoms with E-state index >= 15 is 0 Å². The van der Waals surface area contributed by atoms with Crippen LogP contribution in [0.25, 0.3) is 0 Å². The Labute approximate surface area is 203 Å². The van der Waals surface area contributed by atoms with Crippen molar-refractivity contribution in [3.63, 3.8) is 0 Å². The summed E-state index contributed by atoms with van der Waals surface area (Å²) in [6.07, 6.45) is 7.07. The van der Waals surface area contributed by atoms with E-state index in [1.165, 1.54) is 23.7 Å². The van der Waals surface area contributed by atoms with Gasteiger partial charge in [-0.05, 0) is 37.1 Å². The zero-order valence-electron chi connectivity index (χ0n) is 17.9. The van der Waals surface area contributed by atoms with Crippen molar-refractivity contribution in [2.24, 2.45) is 9.50 Å². The van der Waals surface area contributed by atoms with Gasteiger partial charge in [0.25, 0.3) is 10.0 Å². The second kappa shape index (κ2) is 10.2. The summed E-state index contributed by atoms with van der Waals surface area (Å²) < 4.78 is 29.1. The van der Waals surface area contributed by atoms with Gasteiger partial charge in [0.05, 0.1) is 17.8 Å². The lowest BCUT2D eigenvalue weighted by atomic mass is 9.95. The molecule has 33 heavy (non-hydrogen) atoms. The molecule has 2 aromatic rings. The molecule has 10 heteroatoms. The van der Waals surface area contributed by atoms with Crippen molar-refractivity contribution in [2.45, 2.75) is 49.5 Å². The topological polar surface area (TPSA) is 91.2 Å². The molecule has 1 N–H and O–H groups in total. The Morgan fingerprint density at radius 2 is 1.91 bits per heavy atom. The van der Waals surface area contributed by atoms with E-state index in [1.807, 2.05) is 0 Å². The lowest BCUT2D eigenvalue weighted by molar-refractivity contribution is -0.122. The molecule has 0 spiro atoms. The van der Waals surface area contributed by atoms with Crippen LogP contribution in [0.3, 0.4) is 0 Å². The predicted octanol–water partition coefficient (Wildman–Crippen LogP) is 4.62. The van der Waals surface area contributed by atoms with Gasteiger partial charge in [-0.2, -0.15) is 13.5 Å². The monoisotopic (exact) mass is 506 g/mol. The van der Waals surface area contributed by atoms with Crippen LogP contribution in [0.2, 0.25) is 10.0 Å². The van der Waals surface area contributed by atoms with Gasteiger partial charge in [-0.25, -0.2) is 5.01 Å². The Balaban J connectivity index is 1.57. The zero-order chi connectivity index (χ0) is 23.4. The fraction of sp³-hybridized carbons (Fsp3) is 0.348. The summed E-state index contributed by atoms with van der Waals surface area (Å²) in [6.45, 7) is 0.156. The highest BCUT2D eigenvalue weighted by Crippen LogP contribution is 2.28. The molecule has 0 unspecified atom stereocenters. The van der Waals surface area contributed by atoms with Gasteiger partial charge in [0.1, 0.15) is 4.90 Å². The van der Waals surface area contributed by atoms with Crippen molar-refractivity contribution in [1.82, 2.24) is 10.3 Å². The summed E-state index contributed by atoms with van der Waals surface area (Å²) >= 11 is 12.2. The number of nitrogens with zero attached hydrogens (tertiary/aromatic N) is 3. The minimum Gasteiger partial charge on any atom is -0.353 e. The highest BCUT2D eigenvalue weighted by atomic mass is 35.5. The van der Waals surface area contributed by atoms with Crippen LogP contribution in [0, 0.1) is 0 Å². The Kier molecular flexibility index (Phi) is 7.36. The van der Waals surface area contributed by atoms with Gasteiger partial charge < -0.3 is 5.32 Å². The average Bonchev–Trinajstić information content (AvgIpc) is 3.06. The summed E-state index contributed by atoms with van der Waals surface area (Å²) in [5.41, 5.74) is 1.05. The maximum Gasteiger partial charge on any atom is 0.285 e. The van der Waals surface area contributed by atoms with E-state index in [2.05, 4.69) is 14.8 Å². The first-order valence-corrected chi connectivity index (χ1v) is 13.0. The number of hydrogen-bond donors (Lipinski definition) is 1. The molecular formula is C23H24Cl2N4O3S. The molecule has 4 rings (SSSR count). The highest BCUT2D eigenvalue weighted by Gasteiger charge is 2.32. The number of nitrogens with one attached hydrogen (secondary N) is 1. The maximum atomic E-state index is 12.6. The third-order valence-corrected chi connectivity index (χ3v) is 7.56. The minimum atomic E-state index is -3.83. The number of amides is 1. The van der Waals surface area contributed by atoms with Crippen molar-refractivity contribution in [3.8, 4) is 0 Å². The van der Waals surface area contributed by atoms with Crippen LogP contribution in [0.1, 0.15) is 49.7 Å². The van der Waals surface area contributed by atoms with Gasteiger partial charge in [-0.3, -0.25) is 4.79 Å². The molecule has 1 heterocycles. The van der Waals surface area contributed by atoms with Crippen molar-refractivity contribution in [2.75, 3.05) is 6.54 Å². The zero-order valence-corrected chi connectivity index (χ0v) is 20.2. The van der Waals surface area contributed by atoms with E-state index in [9.17, 15) is 13.2 Å². The minimum absolute atomic E-state index is 0.0960. The van der Waals surface area contributed by atoms with Crippen LogP contribution in [0.5, 0.6) is 0 Å². The average molecular weight is 507 g/mol. The molecule has 1 aliphatic carbocycles. The third-order valence-electron chi connectivity index (χ3n) is 5.68. The molecule has 0 radical (unpaired) electrons. The van der Waals surface area contributed by atoms with Gasteiger partial charge in [0.2, 0.25) is 5.91 Å². The Morgan fingerprint density at radius 3 is 2.67 bits per heavy atom. The number of sulfonamides is 1. The van der Waals surface area contributed by atoms with Crippen LogP contribution >= 0.6 is 23.2 Å². The normalized spacial score (nSPS) is 17.6. The van der Waals surface area contributed by atoms with Gasteiger partial charge in [0.15, 0.2) is 5.84 Å².